The third-order valence-electron chi connectivity index (χ3n) is 3.15. The number of nitrogens with one attached hydrogen (secondary N) is 1. The van der Waals surface area contributed by atoms with Crippen LogP contribution in [0.5, 0.6) is 0 Å². The Balaban J connectivity index is 2.05. The number of hydrogen-bond donors (Lipinski definition) is 1. The van der Waals surface area contributed by atoms with E-state index in [1.165, 1.54) is 18.5 Å². The van der Waals surface area contributed by atoms with Crippen LogP contribution in [-0.4, -0.2) is 29.3 Å². The van der Waals surface area contributed by atoms with Gasteiger partial charge in [-0.3, -0.25) is 0 Å². The fourth-order valence-electron chi connectivity index (χ4n) is 2.26. The van der Waals surface area contributed by atoms with Gasteiger partial charge in [0.05, 0.1) is 24.7 Å². The van der Waals surface area contributed by atoms with Crippen LogP contribution in [0, 0.1) is 0 Å². The first-order chi connectivity index (χ1) is 7.83. The summed E-state index contributed by atoms with van der Waals surface area (Å²) in [5.41, 5.74) is 1.30. The fourth-order valence-corrected chi connectivity index (χ4v) is 2.26. The number of hydrogen-bond acceptors (Lipinski definition) is 3. The van der Waals surface area contributed by atoms with E-state index in [1.54, 1.807) is 0 Å². The van der Waals surface area contributed by atoms with Gasteiger partial charge in [0.25, 0.3) is 0 Å². The molecule has 1 fully saturated rings. The average molecular weight is 223 g/mol. The Labute approximate surface area is 97.0 Å². The Kier molecular flexibility index (Phi) is 3.96. The largest absolute Gasteiger partial charge is 0.380 e. The maximum absolute atomic E-state index is 5.47. The molecule has 0 saturated carbocycles. The summed E-state index contributed by atoms with van der Waals surface area (Å²) < 4.78 is 7.70. The predicted molar refractivity (Wildman–Crippen MR) is 63.4 cm³/mol. The molecule has 1 N–H and O–H groups in total. The minimum absolute atomic E-state index is 0.361. The van der Waals surface area contributed by atoms with E-state index in [-0.39, 0.29) is 0 Å². The van der Waals surface area contributed by atoms with Crippen molar-refractivity contribution in [2.24, 2.45) is 0 Å². The number of imidazole rings is 1. The van der Waals surface area contributed by atoms with Crippen LogP contribution in [0.15, 0.2) is 12.5 Å². The van der Waals surface area contributed by atoms with Gasteiger partial charge in [0.2, 0.25) is 0 Å². The van der Waals surface area contributed by atoms with Crippen molar-refractivity contribution in [1.29, 1.82) is 0 Å². The van der Waals surface area contributed by atoms with Gasteiger partial charge < -0.3 is 14.6 Å². The molecule has 0 bridgehead atoms. The number of ether oxygens (including phenoxy) is 1. The molecule has 2 heterocycles. The molecule has 2 unspecified atom stereocenters. The van der Waals surface area contributed by atoms with Crippen LogP contribution in [0.3, 0.4) is 0 Å². The van der Waals surface area contributed by atoms with Crippen molar-refractivity contribution in [2.75, 3.05) is 19.8 Å². The lowest BCUT2D eigenvalue weighted by Gasteiger charge is -2.19. The molecule has 2 rings (SSSR count). The van der Waals surface area contributed by atoms with Gasteiger partial charge in [0.1, 0.15) is 0 Å². The summed E-state index contributed by atoms with van der Waals surface area (Å²) in [5, 5.41) is 3.51. The molecular weight excluding hydrogens is 202 g/mol. The highest BCUT2D eigenvalue weighted by atomic mass is 16.5. The lowest BCUT2D eigenvalue weighted by Crippen LogP contribution is -2.20. The smallest absolute Gasteiger partial charge is 0.0952 e. The van der Waals surface area contributed by atoms with E-state index in [4.69, 9.17) is 4.74 Å². The molecular formula is C12H21N3O. The van der Waals surface area contributed by atoms with Crippen molar-refractivity contribution in [2.45, 2.75) is 38.8 Å². The van der Waals surface area contributed by atoms with Crippen molar-refractivity contribution in [3.8, 4) is 0 Å². The van der Waals surface area contributed by atoms with Crippen molar-refractivity contribution >= 4 is 0 Å². The molecule has 1 saturated heterocycles. The first kappa shape index (κ1) is 11.6. The first-order valence-electron chi connectivity index (χ1n) is 6.15. The second-order valence-electron chi connectivity index (χ2n) is 4.38. The molecule has 1 aromatic heterocycles. The SMILES string of the molecule is CCOCC(C)n1cncc1C1CCCN1. The van der Waals surface area contributed by atoms with Gasteiger partial charge in [-0.2, -0.15) is 0 Å². The van der Waals surface area contributed by atoms with Crippen molar-refractivity contribution in [1.82, 2.24) is 14.9 Å². The van der Waals surface area contributed by atoms with E-state index in [1.807, 2.05) is 19.4 Å². The minimum atomic E-state index is 0.361. The Morgan fingerprint density at radius 3 is 3.25 bits per heavy atom. The summed E-state index contributed by atoms with van der Waals surface area (Å²) in [6.45, 7) is 6.86. The van der Waals surface area contributed by atoms with E-state index in [0.717, 1.165) is 19.8 Å². The summed E-state index contributed by atoms with van der Waals surface area (Å²) in [6.07, 6.45) is 6.37. The number of nitrogens with zero attached hydrogens (tertiary/aromatic N) is 2. The summed E-state index contributed by atoms with van der Waals surface area (Å²) in [5.74, 6) is 0. The van der Waals surface area contributed by atoms with E-state index in [0.29, 0.717) is 12.1 Å². The van der Waals surface area contributed by atoms with E-state index >= 15 is 0 Å². The molecule has 0 radical (unpaired) electrons. The molecule has 4 nitrogen and oxygen atoms in total. The van der Waals surface area contributed by atoms with E-state index in [2.05, 4.69) is 21.8 Å². The van der Waals surface area contributed by atoms with Gasteiger partial charge in [0, 0.05) is 18.8 Å². The summed E-state index contributed by atoms with van der Waals surface area (Å²) in [6, 6.07) is 0.839. The molecule has 16 heavy (non-hydrogen) atoms. The summed E-state index contributed by atoms with van der Waals surface area (Å²) >= 11 is 0. The maximum Gasteiger partial charge on any atom is 0.0952 e. The monoisotopic (exact) mass is 223 g/mol. The van der Waals surface area contributed by atoms with Crippen LogP contribution in [0.2, 0.25) is 0 Å². The predicted octanol–water partition coefficient (Wildman–Crippen LogP) is 1.91. The quantitative estimate of drug-likeness (QED) is 0.828. The van der Waals surface area contributed by atoms with Crippen LogP contribution in [0.25, 0.3) is 0 Å². The van der Waals surface area contributed by atoms with Crippen LogP contribution in [0.4, 0.5) is 0 Å². The highest BCUT2D eigenvalue weighted by Crippen LogP contribution is 2.24. The summed E-state index contributed by atoms with van der Waals surface area (Å²) in [4.78, 5) is 4.26. The molecule has 1 aliphatic rings. The third-order valence-corrected chi connectivity index (χ3v) is 3.15. The highest BCUT2D eigenvalue weighted by Gasteiger charge is 2.21. The van der Waals surface area contributed by atoms with Crippen LogP contribution >= 0.6 is 0 Å². The second kappa shape index (κ2) is 5.46. The molecule has 4 heteroatoms. The maximum atomic E-state index is 5.47. The molecule has 1 aliphatic heterocycles. The summed E-state index contributed by atoms with van der Waals surface area (Å²) in [7, 11) is 0. The van der Waals surface area contributed by atoms with Crippen molar-refractivity contribution in [3.05, 3.63) is 18.2 Å². The van der Waals surface area contributed by atoms with E-state index in [9.17, 15) is 0 Å². The van der Waals surface area contributed by atoms with Gasteiger partial charge in [-0.1, -0.05) is 0 Å². The van der Waals surface area contributed by atoms with Crippen LogP contribution in [0.1, 0.15) is 44.5 Å². The molecule has 0 aliphatic carbocycles. The molecule has 0 spiro atoms. The molecule has 1 aromatic rings. The van der Waals surface area contributed by atoms with Gasteiger partial charge in [-0.25, -0.2) is 4.98 Å². The molecule has 90 valence electrons. The molecule has 0 amide bonds. The van der Waals surface area contributed by atoms with Crippen LogP contribution < -0.4 is 5.32 Å². The third kappa shape index (κ3) is 2.44. The topological polar surface area (TPSA) is 39.1 Å². The highest BCUT2D eigenvalue weighted by molar-refractivity contribution is 5.08. The van der Waals surface area contributed by atoms with E-state index < -0.39 is 0 Å². The molecule has 2 atom stereocenters. The van der Waals surface area contributed by atoms with Gasteiger partial charge in [-0.05, 0) is 33.2 Å². The van der Waals surface area contributed by atoms with Gasteiger partial charge in [0.15, 0.2) is 0 Å². The van der Waals surface area contributed by atoms with Crippen molar-refractivity contribution in [3.63, 3.8) is 0 Å². The number of aromatic nitrogens is 2. The standard InChI is InChI=1S/C12H21N3O/c1-3-16-8-10(2)15-9-13-7-12(15)11-5-4-6-14-11/h7,9-11,14H,3-6,8H2,1-2H3. The molecule has 0 aromatic carbocycles. The zero-order valence-corrected chi connectivity index (χ0v) is 10.1. The fraction of sp³-hybridized carbons (Fsp3) is 0.750. The minimum Gasteiger partial charge on any atom is -0.380 e. The Morgan fingerprint density at radius 1 is 1.69 bits per heavy atom. The second-order valence-corrected chi connectivity index (χ2v) is 4.38. The Morgan fingerprint density at radius 2 is 2.56 bits per heavy atom. The van der Waals surface area contributed by atoms with Crippen molar-refractivity contribution < 1.29 is 4.74 Å². The lowest BCUT2D eigenvalue weighted by atomic mass is 10.1. The zero-order valence-electron chi connectivity index (χ0n) is 10.1. The average Bonchev–Trinajstić information content (AvgIpc) is 2.94. The lowest BCUT2D eigenvalue weighted by molar-refractivity contribution is 0.117. The zero-order chi connectivity index (χ0) is 11.4. The first-order valence-corrected chi connectivity index (χ1v) is 6.15. The Hall–Kier alpha value is -0.870. The normalized spacial score (nSPS) is 22.5. The van der Waals surface area contributed by atoms with Crippen LogP contribution in [-0.2, 0) is 4.74 Å². The number of rotatable bonds is 5. The Bertz CT molecular complexity index is 318. The van der Waals surface area contributed by atoms with Gasteiger partial charge in [-0.15, -0.1) is 0 Å². The van der Waals surface area contributed by atoms with Gasteiger partial charge >= 0.3 is 0 Å².